The number of benzene rings is 2. The number of aromatic nitrogens is 2. The standard InChI is InChI=1S/C20H19F3N2O/c1-4-10-25-18(15-9-8-14(11-13(15)3)20(21,22)23)24-17-12(2)6-5-7-16(17)19(25)26/h5-9,11H,4,10H2,1-3H3. The Kier molecular flexibility index (Phi) is 4.61. The number of alkyl halides is 3. The zero-order chi connectivity index (χ0) is 19.1. The van der Waals surface area contributed by atoms with E-state index in [4.69, 9.17) is 0 Å². The normalized spacial score (nSPS) is 11.9. The summed E-state index contributed by atoms with van der Waals surface area (Å²) in [5, 5.41) is 0.520. The van der Waals surface area contributed by atoms with Crippen molar-refractivity contribution in [1.82, 2.24) is 9.55 Å². The minimum atomic E-state index is -4.40. The summed E-state index contributed by atoms with van der Waals surface area (Å²) >= 11 is 0. The maximum Gasteiger partial charge on any atom is 0.416 e. The Morgan fingerprint density at radius 1 is 1.08 bits per heavy atom. The van der Waals surface area contributed by atoms with Crippen molar-refractivity contribution in [3.8, 4) is 11.4 Å². The molecule has 1 heterocycles. The molecule has 0 aliphatic rings. The number of fused-ring (bicyclic) bond motifs is 1. The second kappa shape index (κ2) is 6.59. The van der Waals surface area contributed by atoms with Crippen LogP contribution in [0.4, 0.5) is 13.2 Å². The molecule has 0 amide bonds. The molecule has 0 bridgehead atoms. The van der Waals surface area contributed by atoms with Gasteiger partial charge in [0, 0.05) is 12.1 Å². The van der Waals surface area contributed by atoms with Crippen LogP contribution in [-0.4, -0.2) is 9.55 Å². The average Bonchev–Trinajstić information content (AvgIpc) is 2.57. The number of hydrogen-bond donors (Lipinski definition) is 0. The highest BCUT2D eigenvalue weighted by Crippen LogP contribution is 2.33. The molecule has 1 aromatic heterocycles. The van der Waals surface area contributed by atoms with Crippen LogP contribution in [0.25, 0.3) is 22.3 Å². The van der Waals surface area contributed by atoms with Crippen LogP contribution in [0.2, 0.25) is 0 Å². The Balaban J connectivity index is 2.32. The van der Waals surface area contributed by atoms with E-state index >= 15 is 0 Å². The summed E-state index contributed by atoms with van der Waals surface area (Å²) in [5.41, 5.74) is 1.53. The summed E-state index contributed by atoms with van der Waals surface area (Å²) in [6.07, 6.45) is -3.69. The van der Waals surface area contributed by atoms with Crippen molar-refractivity contribution in [2.24, 2.45) is 0 Å². The summed E-state index contributed by atoms with van der Waals surface area (Å²) in [5.74, 6) is 0.407. The number of para-hydroxylation sites is 1. The van der Waals surface area contributed by atoms with Gasteiger partial charge < -0.3 is 0 Å². The molecule has 2 aromatic carbocycles. The third-order valence-electron chi connectivity index (χ3n) is 4.43. The molecule has 3 aromatic rings. The molecule has 0 aliphatic heterocycles. The van der Waals surface area contributed by atoms with Crippen molar-refractivity contribution in [3.05, 3.63) is 63.4 Å². The first kappa shape index (κ1) is 18.2. The smallest absolute Gasteiger partial charge is 0.292 e. The Morgan fingerprint density at radius 3 is 2.42 bits per heavy atom. The maximum atomic E-state index is 13.0. The quantitative estimate of drug-likeness (QED) is 0.651. The Morgan fingerprint density at radius 2 is 1.81 bits per heavy atom. The second-order valence-corrected chi connectivity index (χ2v) is 6.39. The van der Waals surface area contributed by atoms with E-state index in [0.717, 1.165) is 17.7 Å². The van der Waals surface area contributed by atoms with Gasteiger partial charge in [-0.05, 0) is 49.6 Å². The van der Waals surface area contributed by atoms with Gasteiger partial charge in [-0.25, -0.2) is 4.98 Å². The Hall–Kier alpha value is -2.63. The molecule has 3 rings (SSSR count). The van der Waals surface area contributed by atoms with Gasteiger partial charge >= 0.3 is 6.18 Å². The van der Waals surface area contributed by atoms with Crippen LogP contribution >= 0.6 is 0 Å². The molecule has 0 saturated carbocycles. The minimum Gasteiger partial charge on any atom is -0.292 e. The monoisotopic (exact) mass is 360 g/mol. The fraction of sp³-hybridized carbons (Fsp3) is 0.300. The fourth-order valence-electron chi connectivity index (χ4n) is 3.12. The Labute approximate surface area is 149 Å². The van der Waals surface area contributed by atoms with Crippen LogP contribution in [-0.2, 0) is 12.7 Å². The molecule has 0 spiro atoms. The van der Waals surface area contributed by atoms with Crippen LogP contribution in [0.15, 0.2) is 41.2 Å². The van der Waals surface area contributed by atoms with Gasteiger partial charge in [0.05, 0.1) is 16.5 Å². The van der Waals surface area contributed by atoms with Gasteiger partial charge in [0.1, 0.15) is 5.82 Å². The second-order valence-electron chi connectivity index (χ2n) is 6.39. The molecule has 0 N–H and O–H groups in total. The van der Waals surface area contributed by atoms with Crippen molar-refractivity contribution < 1.29 is 13.2 Å². The number of nitrogens with zero attached hydrogens (tertiary/aromatic N) is 2. The lowest BCUT2D eigenvalue weighted by molar-refractivity contribution is -0.137. The topological polar surface area (TPSA) is 34.9 Å². The van der Waals surface area contributed by atoms with Gasteiger partial charge in [0.15, 0.2) is 0 Å². The van der Waals surface area contributed by atoms with E-state index in [2.05, 4.69) is 4.98 Å². The molecule has 0 fully saturated rings. The zero-order valence-electron chi connectivity index (χ0n) is 14.8. The van der Waals surface area contributed by atoms with E-state index < -0.39 is 11.7 Å². The highest BCUT2D eigenvalue weighted by molar-refractivity contribution is 5.83. The highest BCUT2D eigenvalue weighted by Gasteiger charge is 2.31. The van der Waals surface area contributed by atoms with E-state index in [9.17, 15) is 18.0 Å². The van der Waals surface area contributed by atoms with E-state index in [0.29, 0.717) is 40.8 Å². The predicted molar refractivity (Wildman–Crippen MR) is 96.2 cm³/mol. The largest absolute Gasteiger partial charge is 0.416 e. The zero-order valence-corrected chi connectivity index (χ0v) is 14.8. The molecular formula is C20H19F3N2O. The summed E-state index contributed by atoms with van der Waals surface area (Å²) in [7, 11) is 0. The van der Waals surface area contributed by atoms with Crippen molar-refractivity contribution in [2.45, 2.75) is 39.9 Å². The molecular weight excluding hydrogens is 341 g/mol. The Bertz CT molecular complexity index is 1040. The van der Waals surface area contributed by atoms with E-state index in [-0.39, 0.29) is 5.56 Å². The van der Waals surface area contributed by atoms with E-state index in [1.165, 1.54) is 6.07 Å². The van der Waals surface area contributed by atoms with Crippen molar-refractivity contribution in [1.29, 1.82) is 0 Å². The number of aryl methyl sites for hydroxylation is 2. The summed E-state index contributed by atoms with van der Waals surface area (Å²) in [6.45, 7) is 5.86. The first-order valence-electron chi connectivity index (χ1n) is 8.42. The maximum absolute atomic E-state index is 13.0. The van der Waals surface area contributed by atoms with Gasteiger partial charge in [-0.15, -0.1) is 0 Å². The molecule has 136 valence electrons. The number of halogens is 3. The molecule has 0 aliphatic carbocycles. The molecule has 26 heavy (non-hydrogen) atoms. The van der Waals surface area contributed by atoms with Crippen molar-refractivity contribution in [2.75, 3.05) is 0 Å². The van der Waals surface area contributed by atoms with Crippen LogP contribution in [0, 0.1) is 13.8 Å². The third-order valence-corrected chi connectivity index (χ3v) is 4.43. The first-order chi connectivity index (χ1) is 12.2. The molecule has 0 saturated heterocycles. The van der Waals surface area contributed by atoms with Gasteiger partial charge in [-0.2, -0.15) is 13.2 Å². The molecule has 6 heteroatoms. The number of hydrogen-bond acceptors (Lipinski definition) is 2. The van der Waals surface area contributed by atoms with Crippen LogP contribution in [0.5, 0.6) is 0 Å². The van der Waals surface area contributed by atoms with Gasteiger partial charge in [0.25, 0.3) is 5.56 Å². The minimum absolute atomic E-state index is 0.171. The average molecular weight is 360 g/mol. The summed E-state index contributed by atoms with van der Waals surface area (Å²) in [4.78, 5) is 17.6. The molecule has 0 atom stereocenters. The van der Waals surface area contributed by atoms with Gasteiger partial charge in [0.2, 0.25) is 0 Å². The van der Waals surface area contributed by atoms with Crippen LogP contribution in [0.1, 0.15) is 30.0 Å². The van der Waals surface area contributed by atoms with E-state index in [1.54, 1.807) is 23.6 Å². The molecule has 0 unspecified atom stereocenters. The predicted octanol–water partition coefficient (Wildman–Crippen LogP) is 5.11. The highest BCUT2D eigenvalue weighted by atomic mass is 19.4. The van der Waals surface area contributed by atoms with Gasteiger partial charge in [-0.1, -0.05) is 25.1 Å². The lowest BCUT2D eigenvalue weighted by atomic mass is 10.0. The van der Waals surface area contributed by atoms with Crippen LogP contribution < -0.4 is 5.56 Å². The van der Waals surface area contributed by atoms with Gasteiger partial charge in [-0.3, -0.25) is 9.36 Å². The summed E-state index contributed by atoms with van der Waals surface area (Å²) < 4.78 is 40.4. The summed E-state index contributed by atoms with van der Waals surface area (Å²) in [6, 6.07) is 8.93. The van der Waals surface area contributed by atoms with Crippen LogP contribution in [0.3, 0.4) is 0 Å². The first-order valence-corrected chi connectivity index (χ1v) is 8.42. The van der Waals surface area contributed by atoms with E-state index in [1.807, 2.05) is 19.9 Å². The SMILES string of the molecule is CCCn1c(-c2ccc(C(F)(F)F)cc2C)nc2c(C)cccc2c1=O. The lowest BCUT2D eigenvalue weighted by Crippen LogP contribution is -2.24. The third kappa shape index (κ3) is 3.11. The van der Waals surface area contributed by atoms with Crippen molar-refractivity contribution >= 4 is 10.9 Å². The van der Waals surface area contributed by atoms with Crippen molar-refractivity contribution in [3.63, 3.8) is 0 Å². The molecule has 3 nitrogen and oxygen atoms in total. The lowest BCUT2D eigenvalue weighted by Gasteiger charge is -2.16. The number of rotatable bonds is 3. The fourth-order valence-corrected chi connectivity index (χ4v) is 3.12. The molecule has 0 radical (unpaired) electrons.